The molecule has 0 bridgehead atoms. The highest BCUT2D eigenvalue weighted by Crippen LogP contribution is 2.36. The number of carbonyl (C=O) groups excluding carboxylic acids is 1. The minimum Gasteiger partial charge on any atom is -0.497 e. The second kappa shape index (κ2) is 9.23. The molecule has 0 atom stereocenters. The van der Waals surface area contributed by atoms with Crippen LogP contribution in [0.25, 0.3) is 0 Å². The molecule has 0 unspecified atom stereocenters. The average Bonchev–Trinajstić information content (AvgIpc) is 3.34. The van der Waals surface area contributed by atoms with Crippen molar-refractivity contribution in [2.24, 2.45) is 0 Å². The Morgan fingerprint density at radius 3 is 2.72 bits per heavy atom. The van der Waals surface area contributed by atoms with Crippen molar-refractivity contribution in [2.45, 2.75) is 19.6 Å². The predicted molar refractivity (Wildman–Crippen MR) is 118 cm³/mol. The number of fused-ring (bicyclic) bond motifs is 1. The van der Waals surface area contributed by atoms with Crippen molar-refractivity contribution in [1.82, 2.24) is 9.88 Å². The van der Waals surface area contributed by atoms with Gasteiger partial charge in [-0.1, -0.05) is 6.07 Å². The van der Waals surface area contributed by atoms with Crippen molar-refractivity contribution in [1.29, 1.82) is 0 Å². The number of hydrogen-bond donors (Lipinski definition) is 0. The maximum atomic E-state index is 13.3. The Labute approximate surface area is 188 Å². The van der Waals surface area contributed by atoms with E-state index in [9.17, 15) is 14.9 Å². The Hall–Kier alpha value is -3.66. The number of rotatable bonds is 7. The smallest absolute Gasteiger partial charge is 0.286 e. The van der Waals surface area contributed by atoms with E-state index in [1.807, 2.05) is 23.6 Å². The first-order valence-electron chi connectivity index (χ1n) is 9.81. The summed E-state index contributed by atoms with van der Waals surface area (Å²) in [6, 6.07) is 8.36. The van der Waals surface area contributed by atoms with Gasteiger partial charge in [0.15, 0.2) is 11.5 Å². The molecular weight excluding hydrogens is 434 g/mol. The number of nitrogens with zero attached hydrogens (tertiary/aromatic N) is 3. The fraction of sp³-hybridized carbons (Fsp3) is 0.273. The summed E-state index contributed by atoms with van der Waals surface area (Å²) in [5.74, 6) is 0.688. The average molecular weight is 455 g/mol. The Morgan fingerprint density at radius 2 is 2.03 bits per heavy atom. The summed E-state index contributed by atoms with van der Waals surface area (Å²) in [7, 11) is 3.01. The number of nitro groups is 1. The van der Waals surface area contributed by atoms with Crippen LogP contribution in [-0.2, 0) is 19.6 Å². The molecule has 1 amide bonds. The topological polar surface area (TPSA) is 104 Å². The van der Waals surface area contributed by atoms with Crippen LogP contribution in [0.2, 0.25) is 0 Å². The second-order valence-corrected chi connectivity index (χ2v) is 7.88. The number of nitro benzene ring substituents is 1. The zero-order valence-electron chi connectivity index (χ0n) is 17.6. The summed E-state index contributed by atoms with van der Waals surface area (Å²) in [6.45, 7) is 0.932. The number of benzene rings is 2. The number of carbonyl (C=O) groups is 1. The van der Waals surface area contributed by atoms with E-state index in [0.29, 0.717) is 31.0 Å². The highest BCUT2D eigenvalue weighted by molar-refractivity contribution is 7.07. The van der Waals surface area contributed by atoms with Crippen molar-refractivity contribution in [3.63, 3.8) is 0 Å². The van der Waals surface area contributed by atoms with E-state index in [4.69, 9.17) is 14.2 Å². The van der Waals surface area contributed by atoms with Crippen molar-refractivity contribution >= 4 is 22.9 Å². The molecule has 1 aliphatic rings. The molecule has 0 saturated carbocycles. The summed E-state index contributed by atoms with van der Waals surface area (Å²) >= 11 is 1.42. The molecule has 0 saturated heterocycles. The fourth-order valence-corrected chi connectivity index (χ4v) is 4.15. The van der Waals surface area contributed by atoms with E-state index in [1.54, 1.807) is 17.5 Å². The highest BCUT2D eigenvalue weighted by Gasteiger charge is 2.30. The molecule has 9 nitrogen and oxygen atoms in total. The third-order valence-corrected chi connectivity index (χ3v) is 5.92. The van der Waals surface area contributed by atoms with Crippen LogP contribution in [0, 0.1) is 10.1 Å². The summed E-state index contributed by atoms with van der Waals surface area (Å²) in [6.07, 6.45) is 0.658. The zero-order valence-corrected chi connectivity index (χ0v) is 18.4. The minimum atomic E-state index is -0.580. The van der Waals surface area contributed by atoms with Gasteiger partial charge in [0.1, 0.15) is 17.9 Å². The number of thiazole rings is 1. The zero-order chi connectivity index (χ0) is 22.7. The van der Waals surface area contributed by atoms with Gasteiger partial charge >= 0.3 is 0 Å². The number of amides is 1. The Morgan fingerprint density at radius 1 is 1.19 bits per heavy atom. The molecule has 3 aromatic rings. The molecule has 0 aliphatic carbocycles. The van der Waals surface area contributed by atoms with Gasteiger partial charge in [-0.15, -0.1) is 11.3 Å². The van der Waals surface area contributed by atoms with Crippen LogP contribution in [0.3, 0.4) is 0 Å². The van der Waals surface area contributed by atoms with Crippen molar-refractivity contribution in [2.75, 3.05) is 20.8 Å². The SMILES string of the molecule is COc1ccc2c(c1)CN(C(=O)c1cc(OC)c(OCc3cscn3)cc1[N+](=O)[O-])CC2. The molecule has 0 radical (unpaired) electrons. The molecule has 32 heavy (non-hydrogen) atoms. The fourth-order valence-electron chi connectivity index (χ4n) is 3.61. The van der Waals surface area contributed by atoms with Crippen molar-refractivity contribution in [3.8, 4) is 17.2 Å². The van der Waals surface area contributed by atoms with Gasteiger partial charge in [0.05, 0.1) is 36.4 Å². The van der Waals surface area contributed by atoms with Crippen molar-refractivity contribution in [3.05, 3.63) is 73.7 Å². The monoisotopic (exact) mass is 455 g/mol. The molecule has 1 aliphatic heterocycles. The van der Waals surface area contributed by atoms with E-state index in [0.717, 1.165) is 11.1 Å². The number of aromatic nitrogens is 1. The molecule has 2 heterocycles. The number of hydrogen-bond acceptors (Lipinski definition) is 8. The van der Waals surface area contributed by atoms with Crippen LogP contribution < -0.4 is 14.2 Å². The number of ether oxygens (including phenoxy) is 3. The Kier molecular flexibility index (Phi) is 6.22. The molecule has 0 spiro atoms. The molecule has 1 aromatic heterocycles. The van der Waals surface area contributed by atoms with Crippen LogP contribution in [0.1, 0.15) is 27.2 Å². The molecule has 10 heteroatoms. The van der Waals surface area contributed by atoms with E-state index >= 15 is 0 Å². The maximum Gasteiger partial charge on any atom is 0.286 e. The van der Waals surface area contributed by atoms with Gasteiger partial charge in [-0.2, -0.15) is 0 Å². The van der Waals surface area contributed by atoms with Crippen LogP contribution in [0.5, 0.6) is 17.2 Å². The van der Waals surface area contributed by atoms with Crippen molar-refractivity contribution < 1.29 is 23.9 Å². The normalized spacial score (nSPS) is 12.8. The third-order valence-electron chi connectivity index (χ3n) is 5.28. The first-order valence-corrected chi connectivity index (χ1v) is 10.8. The van der Waals surface area contributed by atoms with E-state index in [2.05, 4.69) is 4.98 Å². The van der Waals surface area contributed by atoms with E-state index in [-0.39, 0.29) is 29.4 Å². The molecule has 0 fully saturated rings. The lowest BCUT2D eigenvalue weighted by Gasteiger charge is -2.29. The first-order chi connectivity index (χ1) is 15.5. The molecule has 166 valence electrons. The summed E-state index contributed by atoms with van der Waals surface area (Å²) in [5.41, 5.74) is 4.09. The molecular formula is C22H21N3O6S. The second-order valence-electron chi connectivity index (χ2n) is 7.16. The Balaban J connectivity index is 1.63. The van der Waals surface area contributed by atoms with Crippen LogP contribution in [0.4, 0.5) is 5.69 Å². The van der Waals surface area contributed by atoms with Gasteiger partial charge in [-0.25, -0.2) is 4.98 Å². The van der Waals surface area contributed by atoms with Gasteiger partial charge < -0.3 is 19.1 Å². The lowest BCUT2D eigenvalue weighted by atomic mass is 9.98. The summed E-state index contributed by atoms with van der Waals surface area (Å²) < 4.78 is 16.3. The van der Waals surface area contributed by atoms with Gasteiger partial charge in [0.25, 0.3) is 11.6 Å². The van der Waals surface area contributed by atoms with Crippen LogP contribution in [-0.4, -0.2) is 41.5 Å². The van der Waals surface area contributed by atoms with Gasteiger partial charge in [0, 0.05) is 24.5 Å². The lowest BCUT2D eigenvalue weighted by molar-refractivity contribution is -0.385. The standard InChI is InChI=1S/C22H21N3O6S/c1-29-17-4-3-14-5-6-24(10-15(14)7-17)22(26)18-8-20(30-2)21(9-19(18)25(27)28)31-11-16-12-32-13-23-16/h3-4,7-9,12-13H,5-6,10-11H2,1-2H3. The quantitative estimate of drug-likeness (QED) is 0.394. The summed E-state index contributed by atoms with van der Waals surface area (Å²) in [5, 5.41) is 13.6. The predicted octanol–water partition coefficient (Wildman–Crippen LogP) is 3.85. The van der Waals surface area contributed by atoms with E-state index in [1.165, 1.54) is 30.6 Å². The van der Waals surface area contributed by atoms with Gasteiger partial charge in [-0.05, 0) is 29.7 Å². The van der Waals surface area contributed by atoms with E-state index < -0.39 is 10.8 Å². The number of methoxy groups -OCH3 is 2. The molecule has 2 aromatic carbocycles. The lowest BCUT2D eigenvalue weighted by Crippen LogP contribution is -2.36. The Bertz CT molecular complexity index is 1150. The minimum absolute atomic E-state index is 0.0424. The highest BCUT2D eigenvalue weighted by atomic mass is 32.1. The maximum absolute atomic E-state index is 13.3. The first kappa shape index (κ1) is 21.6. The van der Waals surface area contributed by atoms with Crippen LogP contribution in [0.15, 0.2) is 41.2 Å². The largest absolute Gasteiger partial charge is 0.497 e. The van der Waals surface area contributed by atoms with Crippen LogP contribution >= 0.6 is 11.3 Å². The third kappa shape index (κ3) is 4.35. The molecule has 0 N–H and O–H groups in total. The van der Waals surface area contributed by atoms with Gasteiger partial charge in [-0.3, -0.25) is 14.9 Å². The van der Waals surface area contributed by atoms with Gasteiger partial charge in [0.2, 0.25) is 0 Å². The summed E-state index contributed by atoms with van der Waals surface area (Å²) in [4.78, 5) is 30.2. The molecule has 4 rings (SSSR count).